The highest BCUT2D eigenvalue weighted by atomic mass is 32.2. The molecule has 0 spiro atoms. The molecule has 0 saturated carbocycles. The van der Waals surface area contributed by atoms with E-state index in [1.165, 1.54) is 18.9 Å². The van der Waals surface area contributed by atoms with Gasteiger partial charge in [0.1, 0.15) is 6.04 Å². The molecule has 3 aliphatic rings. The van der Waals surface area contributed by atoms with Crippen molar-refractivity contribution in [3.05, 3.63) is 35.1 Å². The van der Waals surface area contributed by atoms with Crippen LogP contribution in [-0.2, 0) is 14.3 Å². The fraction of sp³-hybridized carbons (Fsp3) is 0.529. The minimum absolute atomic E-state index is 0.0400. The number of ether oxygens (including phenoxy) is 1. The van der Waals surface area contributed by atoms with Crippen molar-refractivity contribution in [2.75, 3.05) is 20.2 Å². The highest BCUT2D eigenvalue weighted by molar-refractivity contribution is 8.04. The number of thioether (sulfide) groups is 1. The molecule has 0 aromatic rings. The van der Waals surface area contributed by atoms with Crippen LogP contribution in [0, 0.1) is 0 Å². The van der Waals surface area contributed by atoms with Gasteiger partial charge < -0.3 is 15.0 Å². The monoisotopic (exact) mass is 334 g/mol. The highest BCUT2D eigenvalue weighted by Gasteiger charge is 2.34. The van der Waals surface area contributed by atoms with Gasteiger partial charge in [0.2, 0.25) is 11.7 Å². The van der Waals surface area contributed by atoms with Crippen molar-refractivity contribution in [3.63, 3.8) is 0 Å². The Bertz CT molecular complexity index is 582. The predicted molar refractivity (Wildman–Crippen MR) is 90.7 cm³/mol. The number of nitrogens with zero attached hydrogens (tertiary/aromatic N) is 1. The first-order valence-corrected chi connectivity index (χ1v) is 8.99. The van der Waals surface area contributed by atoms with Gasteiger partial charge in [0, 0.05) is 30.6 Å². The van der Waals surface area contributed by atoms with Crippen molar-refractivity contribution >= 4 is 23.5 Å². The third-order valence-electron chi connectivity index (χ3n) is 4.47. The van der Waals surface area contributed by atoms with Crippen LogP contribution in [0.3, 0.4) is 0 Å². The SMILES string of the molecule is COC1=CSC(CC2=CC=CCN2C2CCCCNC2=O)C1=O. The fourth-order valence-electron chi connectivity index (χ4n) is 3.20. The Morgan fingerprint density at radius 1 is 1.39 bits per heavy atom. The Hall–Kier alpha value is -1.69. The largest absolute Gasteiger partial charge is 0.492 e. The number of allylic oxidation sites excluding steroid dienone is 4. The number of carbonyl (C=O) groups is 2. The molecule has 23 heavy (non-hydrogen) atoms. The second kappa shape index (κ2) is 7.25. The molecule has 2 unspecified atom stereocenters. The Morgan fingerprint density at radius 2 is 2.26 bits per heavy atom. The lowest BCUT2D eigenvalue weighted by Gasteiger charge is -2.35. The molecular weight excluding hydrogens is 312 g/mol. The molecule has 1 saturated heterocycles. The predicted octanol–water partition coefficient (Wildman–Crippen LogP) is 1.97. The topological polar surface area (TPSA) is 58.6 Å². The van der Waals surface area contributed by atoms with E-state index in [0.29, 0.717) is 12.2 Å². The molecule has 3 rings (SSSR count). The molecule has 3 aliphatic heterocycles. The van der Waals surface area contributed by atoms with E-state index >= 15 is 0 Å². The summed E-state index contributed by atoms with van der Waals surface area (Å²) in [4.78, 5) is 26.8. The molecule has 5 nitrogen and oxygen atoms in total. The molecule has 0 radical (unpaired) electrons. The van der Waals surface area contributed by atoms with E-state index in [2.05, 4.69) is 16.3 Å². The van der Waals surface area contributed by atoms with E-state index < -0.39 is 0 Å². The van der Waals surface area contributed by atoms with Crippen molar-refractivity contribution in [2.24, 2.45) is 0 Å². The van der Waals surface area contributed by atoms with Crippen LogP contribution >= 0.6 is 11.8 Å². The van der Waals surface area contributed by atoms with Gasteiger partial charge in [0.15, 0.2) is 5.76 Å². The van der Waals surface area contributed by atoms with Gasteiger partial charge in [0.25, 0.3) is 0 Å². The van der Waals surface area contributed by atoms with Crippen molar-refractivity contribution in [1.29, 1.82) is 0 Å². The third kappa shape index (κ3) is 3.47. The van der Waals surface area contributed by atoms with Crippen molar-refractivity contribution in [2.45, 2.75) is 37.0 Å². The quantitative estimate of drug-likeness (QED) is 0.852. The fourth-order valence-corrected chi connectivity index (χ4v) is 4.21. The van der Waals surface area contributed by atoms with Gasteiger partial charge in [-0.05, 0) is 25.3 Å². The number of nitrogens with one attached hydrogen (secondary N) is 1. The van der Waals surface area contributed by atoms with Crippen LogP contribution < -0.4 is 5.32 Å². The highest BCUT2D eigenvalue weighted by Crippen LogP contribution is 2.34. The van der Waals surface area contributed by atoms with Crippen LogP contribution in [-0.4, -0.2) is 48.1 Å². The Kier molecular flexibility index (Phi) is 5.10. The smallest absolute Gasteiger partial charge is 0.242 e. The normalized spacial score (nSPS) is 28.1. The van der Waals surface area contributed by atoms with Crippen molar-refractivity contribution in [3.8, 4) is 0 Å². The van der Waals surface area contributed by atoms with Crippen LogP contribution in [0.5, 0.6) is 0 Å². The summed E-state index contributed by atoms with van der Waals surface area (Å²) in [5.41, 5.74) is 1.06. The van der Waals surface area contributed by atoms with Gasteiger partial charge in [-0.2, -0.15) is 0 Å². The Morgan fingerprint density at radius 3 is 3.04 bits per heavy atom. The van der Waals surface area contributed by atoms with Gasteiger partial charge in [-0.15, -0.1) is 11.8 Å². The average Bonchev–Trinajstić information content (AvgIpc) is 2.77. The summed E-state index contributed by atoms with van der Waals surface area (Å²) < 4.78 is 5.10. The van der Waals surface area contributed by atoms with E-state index in [1.807, 2.05) is 12.2 Å². The summed E-state index contributed by atoms with van der Waals surface area (Å²) in [5, 5.41) is 4.63. The van der Waals surface area contributed by atoms with Crippen LogP contribution in [0.15, 0.2) is 35.1 Å². The Labute approximate surface area is 140 Å². The van der Waals surface area contributed by atoms with E-state index in [-0.39, 0.29) is 23.0 Å². The van der Waals surface area contributed by atoms with Gasteiger partial charge in [-0.3, -0.25) is 9.59 Å². The molecule has 0 aromatic heterocycles. The van der Waals surface area contributed by atoms with Gasteiger partial charge in [-0.25, -0.2) is 0 Å². The summed E-state index contributed by atoms with van der Waals surface area (Å²) in [6.45, 7) is 1.48. The summed E-state index contributed by atoms with van der Waals surface area (Å²) in [5.74, 6) is 0.578. The molecule has 1 N–H and O–H groups in total. The zero-order valence-corrected chi connectivity index (χ0v) is 14.1. The average molecular weight is 334 g/mol. The molecular formula is C17H22N2O3S. The lowest BCUT2D eigenvalue weighted by Crippen LogP contribution is -2.46. The van der Waals surface area contributed by atoms with E-state index in [0.717, 1.165) is 38.0 Å². The first kappa shape index (κ1) is 16.2. The zero-order chi connectivity index (χ0) is 16.2. The maximum Gasteiger partial charge on any atom is 0.242 e. The lowest BCUT2D eigenvalue weighted by molar-refractivity contribution is -0.125. The number of Topliss-reactive ketones (excluding diaryl/α,β-unsaturated/α-hetero) is 1. The molecule has 3 heterocycles. The van der Waals surface area contributed by atoms with Crippen LogP contribution in [0.4, 0.5) is 0 Å². The molecule has 124 valence electrons. The lowest BCUT2D eigenvalue weighted by atomic mass is 10.0. The first-order valence-electron chi connectivity index (χ1n) is 8.04. The van der Waals surface area contributed by atoms with Crippen LogP contribution in [0.2, 0.25) is 0 Å². The molecule has 1 fully saturated rings. The number of methoxy groups -OCH3 is 1. The second-order valence-corrected chi connectivity index (χ2v) is 7.00. The summed E-state index contributed by atoms with van der Waals surface area (Å²) in [6, 6.07) is -0.134. The summed E-state index contributed by atoms with van der Waals surface area (Å²) >= 11 is 1.50. The summed E-state index contributed by atoms with van der Waals surface area (Å²) in [7, 11) is 1.53. The zero-order valence-electron chi connectivity index (χ0n) is 13.3. The van der Waals surface area contributed by atoms with Crippen LogP contribution in [0.1, 0.15) is 25.7 Å². The van der Waals surface area contributed by atoms with Crippen molar-refractivity contribution in [1.82, 2.24) is 10.2 Å². The minimum Gasteiger partial charge on any atom is -0.492 e. The molecule has 0 bridgehead atoms. The molecule has 6 heteroatoms. The maximum atomic E-state index is 12.4. The number of ketones is 1. The number of carbonyl (C=O) groups excluding carboxylic acids is 2. The molecule has 0 aliphatic carbocycles. The van der Waals surface area contributed by atoms with Crippen molar-refractivity contribution < 1.29 is 14.3 Å². The second-order valence-electron chi connectivity index (χ2n) is 5.92. The Balaban J connectivity index is 1.72. The number of hydrogen-bond acceptors (Lipinski definition) is 5. The molecule has 1 amide bonds. The van der Waals surface area contributed by atoms with E-state index in [1.54, 1.807) is 5.41 Å². The summed E-state index contributed by atoms with van der Waals surface area (Å²) in [6.07, 6.45) is 9.66. The molecule has 2 atom stereocenters. The number of hydrogen-bond donors (Lipinski definition) is 1. The minimum atomic E-state index is -0.154. The standard InChI is InChI=1S/C17H22N2O3S/c1-22-14-11-23-15(16(14)20)10-12-6-3-5-9-19(12)13-7-2-4-8-18-17(13)21/h3,5-6,11,13,15H,2,4,7-10H2,1H3,(H,18,21). The van der Waals surface area contributed by atoms with Gasteiger partial charge in [-0.1, -0.05) is 12.2 Å². The van der Waals surface area contributed by atoms with E-state index in [4.69, 9.17) is 4.74 Å². The number of rotatable bonds is 4. The maximum absolute atomic E-state index is 12.4. The van der Waals surface area contributed by atoms with Gasteiger partial charge in [0.05, 0.1) is 12.4 Å². The number of amides is 1. The van der Waals surface area contributed by atoms with E-state index in [9.17, 15) is 9.59 Å². The molecule has 0 aromatic carbocycles. The van der Waals surface area contributed by atoms with Gasteiger partial charge >= 0.3 is 0 Å². The first-order chi connectivity index (χ1) is 11.2. The third-order valence-corrected chi connectivity index (χ3v) is 5.53. The van der Waals surface area contributed by atoms with Crippen LogP contribution in [0.25, 0.3) is 0 Å².